The van der Waals surface area contributed by atoms with Crippen LogP contribution in [-0.2, 0) is 23.1 Å². The van der Waals surface area contributed by atoms with Crippen LogP contribution in [0.2, 0.25) is 0 Å². The highest BCUT2D eigenvalue weighted by atomic mass is 16.5. The Morgan fingerprint density at radius 1 is 1.67 bits per heavy atom. The molecule has 0 aliphatic rings. The molecule has 1 heterocycles. The van der Waals surface area contributed by atoms with Gasteiger partial charge in [-0.3, -0.25) is 4.79 Å². The molecule has 0 aromatic carbocycles. The highest BCUT2D eigenvalue weighted by molar-refractivity contribution is 5.77. The lowest BCUT2D eigenvalue weighted by atomic mass is 10.4. The molecular weight excluding hydrogens is 194 g/mol. The van der Waals surface area contributed by atoms with Gasteiger partial charge in [-0.15, -0.1) is 0 Å². The molecule has 15 heavy (non-hydrogen) atoms. The van der Waals surface area contributed by atoms with Gasteiger partial charge in [0.2, 0.25) is 5.91 Å². The van der Waals surface area contributed by atoms with Crippen molar-refractivity contribution < 1.29 is 9.53 Å². The molecule has 0 saturated carbocycles. The summed E-state index contributed by atoms with van der Waals surface area (Å²) in [4.78, 5) is 11.2. The van der Waals surface area contributed by atoms with Crippen molar-refractivity contribution in [2.24, 2.45) is 12.8 Å². The van der Waals surface area contributed by atoms with Gasteiger partial charge in [-0.05, 0) is 12.1 Å². The maximum absolute atomic E-state index is 11.2. The van der Waals surface area contributed by atoms with Crippen molar-refractivity contribution in [3.63, 3.8) is 0 Å². The van der Waals surface area contributed by atoms with Gasteiger partial charge in [-0.1, -0.05) is 0 Å². The smallest absolute Gasteiger partial charge is 0.246 e. The van der Waals surface area contributed by atoms with Crippen molar-refractivity contribution in [3.8, 4) is 0 Å². The van der Waals surface area contributed by atoms with Crippen LogP contribution >= 0.6 is 0 Å². The number of hydrogen-bond donors (Lipinski definition) is 2. The molecule has 0 radical (unpaired) electrons. The summed E-state index contributed by atoms with van der Waals surface area (Å²) in [6.45, 7) is 1.44. The number of carbonyl (C=O) groups excluding carboxylic acids is 1. The second kappa shape index (κ2) is 6.21. The number of aromatic nitrogens is 1. The quantitative estimate of drug-likeness (QED) is 0.630. The average molecular weight is 211 g/mol. The van der Waals surface area contributed by atoms with E-state index in [-0.39, 0.29) is 12.5 Å². The van der Waals surface area contributed by atoms with Crippen LogP contribution in [0.15, 0.2) is 18.3 Å². The molecule has 0 bridgehead atoms. The summed E-state index contributed by atoms with van der Waals surface area (Å²) in [7, 11) is 1.94. The third-order valence-electron chi connectivity index (χ3n) is 2.01. The molecular formula is C10H17N3O2. The van der Waals surface area contributed by atoms with Crippen molar-refractivity contribution in [1.29, 1.82) is 0 Å². The van der Waals surface area contributed by atoms with Crippen LogP contribution in [0.3, 0.4) is 0 Å². The molecule has 1 aromatic heterocycles. The van der Waals surface area contributed by atoms with E-state index in [1.54, 1.807) is 0 Å². The Morgan fingerprint density at radius 2 is 2.47 bits per heavy atom. The van der Waals surface area contributed by atoms with E-state index in [4.69, 9.17) is 10.5 Å². The molecule has 5 nitrogen and oxygen atoms in total. The molecule has 0 fully saturated rings. The first-order valence-electron chi connectivity index (χ1n) is 4.88. The van der Waals surface area contributed by atoms with Gasteiger partial charge in [-0.2, -0.15) is 0 Å². The van der Waals surface area contributed by atoms with Crippen LogP contribution < -0.4 is 11.1 Å². The molecule has 1 amide bonds. The van der Waals surface area contributed by atoms with E-state index < -0.39 is 0 Å². The molecule has 0 aliphatic carbocycles. The fraction of sp³-hybridized carbons (Fsp3) is 0.500. The number of ether oxygens (including phenoxy) is 1. The lowest BCUT2D eigenvalue weighted by Gasteiger charge is -2.06. The number of nitrogens with one attached hydrogen (secondary N) is 1. The first-order valence-corrected chi connectivity index (χ1v) is 4.88. The zero-order valence-corrected chi connectivity index (χ0v) is 8.90. The number of aryl methyl sites for hydroxylation is 1. The van der Waals surface area contributed by atoms with Crippen molar-refractivity contribution in [2.75, 3.05) is 19.8 Å². The van der Waals surface area contributed by atoms with Crippen molar-refractivity contribution in [2.45, 2.75) is 6.54 Å². The van der Waals surface area contributed by atoms with Gasteiger partial charge in [-0.25, -0.2) is 0 Å². The number of nitrogens with two attached hydrogens (primary N) is 1. The monoisotopic (exact) mass is 211 g/mol. The third kappa shape index (κ3) is 4.14. The molecule has 0 atom stereocenters. The van der Waals surface area contributed by atoms with E-state index >= 15 is 0 Å². The Balaban J connectivity index is 2.20. The summed E-state index contributed by atoms with van der Waals surface area (Å²) >= 11 is 0. The molecule has 3 N–H and O–H groups in total. The third-order valence-corrected chi connectivity index (χ3v) is 2.01. The van der Waals surface area contributed by atoms with Gasteiger partial charge in [0, 0.05) is 25.5 Å². The minimum atomic E-state index is -0.121. The van der Waals surface area contributed by atoms with Crippen LogP contribution in [0.25, 0.3) is 0 Å². The van der Waals surface area contributed by atoms with E-state index in [0.717, 1.165) is 5.69 Å². The molecule has 1 aromatic rings. The standard InChI is InChI=1S/C10H17N3O2/c1-13-5-2-3-9(13)7-12-10(14)8-15-6-4-11/h2-3,5H,4,6-8,11H2,1H3,(H,12,14). The largest absolute Gasteiger partial charge is 0.370 e. The number of rotatable bonds is 6. The van der Waals surface area contributed by atoms with Crippen LogP contribution in [-0.4, -0.2) is 30.2 Å². The Hall–Kier alpha value is -1.33. The molecule has 0 spiro atoms. The second-order valence-electron chi connectivity index (χ2n) is 3.23. The number of carbonyl (C=O) groups is 1. The Kier molecular flexibility index (Phi) is 4.86. The second-order valence-corrected chi connectivity index (χ2v) is 3.23. The van der Waals surface area contributed by atoms with Gasteiger partial charge < -0.3 is 20.4 Å². The van der Waals surface area contributed by atoms with Crippen molar-refractivity contribution >= 4 is 5.91 Å². The zero-order chi connectivity index (χ0) is 11.1. The molecule has 0 unspecified atom stereocenters. The predicted octanol–water partition coefficient (Wildman–Crippen LogP) is -0.383. The summed E-state index contributed by atoms with van der Waals surface area (Å²) in [6.07, 6.45) is 1.94. The van der Waals surface area contributed by atoms with E-state index in [1.807, 2.05) is 29.9 Å². The van der Waals surface area contributed by atoms with E-state index in [9.17, 15) is 4.79 Å². The van der Waals surface area contributed by atoms with Crippen LogP contribution in [0.4, 0.5) is 0 Å². The summed E-state index contributed by atoms with van der Waals surface area (Å²) in [5.41, 5.74) is 6.28. The van der Waals surface area contributed by atoms with Crippen LogP contribution in [0, 0.1) is 0 Å². The molecule has 0 saturated heterocycles. The zero-order valence-electron chi connectivity index (χ0n) is 8.90. The lowest BCUT2D eigenvalue weighted by Crippen LogP contribution is -2.28. The van der Waals surface area contributed by atoms with E-state index in [1.165, 1.54) is 0 Å². The number of nitrogens with zero attached hydrogens (tertiary/aromatic N) is 1. The van der Waals surface area contributed by atoms with E-state index in [0.29, 0.717) is 19.7 Å². The number of amides is 1. The minimum absolute atomic E-state index is 0.0711. The predicted molar refractivity (Wildman–Crippen MR) is 57.1 cm³/mol. The molecule has 84 valence electrons. The average Bonchev–Trinajstić information content (AvgIpc) is 2.61. The summed E-state index contributed by atoms with van der Waals surface area (Å²) in [5.74, 6) is -0.121. The first kappa shape index (κ1) is 11.7. The summed E-state index contributed by atoms with van der Waals surface area (Å²) < 4.78 is 6.96. The first-order chi connectivity index (χ1) is 7.24. The van der Waals surface area contributed by atoms with Crippen molar-refractivity contribution in [3.05, 3.63) is 24.0 Å². The van der Waals surface area contributed by atoms with Gasteiger partial charge in [0.15, 0.2) is 0 Å². The Morgan fingerprint density at radius 3 is 3.07 bits per heavy atom. The SMILES string of the molecule is Cn1cccc1CNC(=O)COCCN. The highest BCUT2D eigenvalue weighted by Crippen LogP contribution is 1.97. The number of hydrogen-bond acceptors (Lipinski definition) is 3. The molecule has 5 heteroatoms. The van der Waals surface area contributed by atoms with E-state index in [2.05, 4.69) is 5.32 Å². The maximum atomic E-state index is 11.2. The van der Waals surface area contributed by atoms with Gasteiger partial charge >= 0.3 is 0 Å². The lowest BCUT2D eigenvalue weighted by molar-refractivity contribution is -0.125. The summed E-state index contributed by atoms with van der Waals surface area (Å²) in [6, 6.07) is 3.90. The minimum Gasteiger partial charge on any atom is -0.370 e. The Bertz CT molecular complexity index is 309. The highest BCUT2D eigenvalue weighted by Gasteiger charge is 2.02. The summed E-state index contributed by atoms with van der Waals surface area (Å²) in [5, 5.41) is 2.76. The van der Waals surface area contributed by atoms with Gasteiger partial charge in [0.1, 0.15) is 6.61 Å². The van der Waals surface area contributed by atoms with Crippen molar-refractivity contribution in [1.82, 2.24) is 9.88 Å². The van der Waals surface area contributed by atoms with Crippen LogP contribution in [0.5, 0.6) is 0 Å². The normalized spacial score (nSPS) is 10.3. The maximum Gasteiger partial charge on any atom is 0.246 e. The molecule has 1 rings (SSSR count). The topological polar surface area (TPSA) is 69.3 Å². The van der Waals surface area contributed by atoms with Crippen LogP contribution in [0.1, 0.15) is 5.69 Å². The fourth-order valence-electron chi connectivity index (χ4n) is 1.17. The van der Waals surface area contributed by atoms with Gasteiger partial charge in [0.05, 0.1) is 13.2 Å². The Labute approximate surface area is 89.2 Å². The fourth-order valence-corrected chi connectivity index (χ4v) is 1.17. The van der Waals surface area contributed by atoms with Gasteiger partial charge in [0.25, 0.3) is 0 Å². The molecule has 0 aliphatic heterocycles.